The van der Waals surface area contributed by atoms with Gasteiger partial charge in [0.15, 0.2) is 5.82 Å². The van der Waals surface area contributed by atoms with E-state index in [9.17, 15) is 9.59 Å². The van der Waals surface area contributed by atoms with E-state index in [0.717, 1.165) is 24.1 Å². The first-order valence-corrected chi connectivity index (χ1v) is 9.06. The lowest BCUT2D eigenvalue weighted by molar-refractivity contribution is -0.132. The van der Waals surface area contributed by atoms with Crippen molar-refractivity contribution in [3.63, 3.8) is 0 Å². The summed E-state index contributed by atoms with van der Waals surface area (Å²) in [4.78, 5) is 37.1. The van der Waals surface area contributed by atoms with Gasteiger partial charge in [-0.25, -0.2) is 4.79 Å². The Balaban J connectivity index is 1.70. The van der Waals surface area contributed by atoms with Crippen LogP contribution < -0.4 is 5.69 Å². The Morgan fingerprint density at radius 2 is 2.12 bits per heavy atom. The van der Waals surface area contributed by atoms with Gasteiger partial charge < -0.3 is 14.4 Å². The minimum atomic E-state index is -0.355. The normalized spacial score (nSPS) is 17.3. The molecule has 0 radical (unpaired) electrons. The van der Waals surface area contributed by atoms with Gasteiger partial charge in [0, 0.05) is 30.3 Å². The van der Waals surface area contributed by atoms with E-state index in [-0.39, 0.29) is 23.6 Å². The maximum absolute atomic E-state index is 12.8. The van der Waals surface area contributed by atoms with Gasteiger partial charge in [0.1, 0.15) is 6.04 Å². The van der Waals surface area contributed by atoms with E-state index in [1.165, 1.54) is 0 Å². The van der Waals surface area contributed by atoms with Crippen LogP contribution in [0.5, 0.6) is 0 Å². The van der Waals surface area contributed by atoms with Crippen molar-refractivity contribution < 1.29 is 9.32 Å². The van der Waals surface area contributed by atoms with E-state index in [0.29, 0.717) is 36.8 Å². The first-order chi connectivity index (χ1) is 12.4. The zero-order valence-corrected chi connectivity index (χ0v) is 15.7. The van der Waals surface area contributed by atoms with Crippen LogP contribution in [-0.2, 0) is 11.2 Å². The Labute approximate surface area is 152 Å². The summed E-state index contributed by atoms with van der Waals surface area (Å²) in [5, 5.41) is 4.01. The molecule has 2 aromatic heterocycles. The topological polar surface area (TPSA) is 105 Å². The first kappa shape index (κ1) is 18.3. The summed E-state index contributed by atoms with van der Waals surface area (Å²) < 4.78 is 5.40. The van der Waals surface area contributed by atoms with Gasteiger partial charge in [-0.3, -0.25) is 4.79 Å². The van der Waals surface area contributed by atoms with Gasteiger partial charge in [0.2, 0.25) is 11.8 Å². The van der Waals surface area contributed by atoms with Crippen molar-refractivity contribution >= 4 is 5.91 Å². The SMILES string of the molecule is Cc1nc(=O)[nH]c(C)c1CCC(=O)N1CCC[C@@H]1c1nc(C(C)C)no1. The van der Waals surface area contributed by atoms with Crippen LogP contribution in [-0.4, -0.2) is 37.5 Å². The molecule has 26 heavy (non-hydrogen) atoms. The molecule has 3 rings (SSSR count). The highest BCUT2D eigenvalue weighted by Crippen LogP contribution is 2.32. The summed E-state index contributed by atoms with van der Waals surface area (Å²) in [5.41, 5.74) is 2.02. The fraction of sp³-hybridized carbons (Fsp3) is 0.611. The second-order valence-electron chi connectivity index (χ2n) is 7.12. The molecule has 0 unspecified atom stereocenters. The van der Waals surface area contributed by atoms with Crippen LogP contribution in [0.1, 0.15) is 73.7 Å². The smallest absolute Gasteiger partial charge is 0.337 e. The number of hydrogen-bond donors (Lipinski definition) is 1. The summed E-state index contributed by atoms with van der Waals surface area (Å²) in [7, 11) is 0. The number of nitrogens with zero attached hydrogens (tertiary/aromatic N) is 4. The van der Waals surface area contributed by atoms with Gasteiger partial charge in [-0.2, -0.15) is 9.97 Å². The summed E-state index contributed by atoms with van der Waals surface area (Å²) in [5.74, 6) is 1.45. The standard InChI is InChI=1S/C18H25N5O3/c1-10(2)16-21-17(26-22-16)14-6-5-9-23(14)15(24)8-7-13-11(3)19-18(25)20-12(13)4/h10,14H,5-9H2,1-4H3,(H,19,20,25)/t14-/m1/s1. The number of carbonyl (C=O) groups is 1. The third-order valence-corrected chi connectivity index (χ3v) is 4.87. The molecule has 1 aliphatic heterocycles. The molecule has 1 saturated heterocycles. The fourth-order valence-electron chi connectivity index (χ4n) is 3.44. The van der Waals surface area contributed by atoms with Crippen molar-refractivity contribution in [1.29, 1.82) is 0 Å². The summed E-state index contributed by atoms with van der Waals surface area (Å²) >= 11 is 0. The van der Waals surface area contributed by atoms with E-state index in [1.54, 1.807) is 6.92 Å². The van der Waals surface area contributed by atoms with Crippen molar-refractivity contribution in [3.8, 4) is 0 Å². The number of rotatable bonds is 5. The van der Waals surface area contributed by atoms with Crippen LogP contribution in [0.2, 0.25) is 0 Å². The highest BCUT2D eigenvalue weighted by Gasteiger charge is 2.34. The average Bonchev–Trinajstić information content (AvgIpc) is 3.22. The quantitative estimate of drug-likeness (QED) is 0.877. The number of hydrogen-bond acceptors (Lipinski definition) is 6. The molecule has 140 valence electrons. The van der Waals surface area contributed by atoms with E-state index in [2.05, 4.69) is 20.1 Å². The highest BCUT2D eigenvalue weighted by atomic mass is 16.5. The Hall–Kier alpha value is -2.51. The monoisotopic (exact) mass is 359 g/mol. The van der Waals surface area contributed by atoms with Crippen molar-refractivity contribution in [1.82, 2.24) is 25.0 Å². The molecule has 0 aromatic carbocycles. The lowest BCUT2D eigenvalue weighted by Gasteiger charge is -2.22. The van der Waals surface area contributed by atoms with Gasteiger partial charge in [-0.1, -0.05) is 19.0 Å². The molecule has 1 amide bonds. The third-order valence-electron chi connectivity index (χ3n) is 4.87. The Bertz CT molecular complexity index is 829. The number of nitrogens with one attached hydrogen (secondary N) is 1. The fourth-order valence-corrected chi connectivity index (χ4v) is 3.44. The number of aromatic nitrogens is 4. The van der Waals surface area contributed by atoms with E-state index in [1.807, 2.05) is 25.7 Å². The van der Waals surface area contributed by atoms with Gasteiger partial charge in [0.25, 0.3) is 0 Å². The molecule has 8 nitrogen and oxygen atoms in total. The van der Waals surface area contributed by atoms with Crippen LogP contribution in [0.4, 0.5) is 0 Å². The number of carbonyl (C=O) groups excluding carboxylic acids is 1. The van der Waals surface area contributed by atoms with Gasteiger partial charge >= 0.3 is 5.69 Å². The summed E-state index contributed by atoms with van der Waals surface area (Å²) in [6.45, 7) is 8.35. The number of H-pyrrole nitrogens is 1. The highest BCUT2D eigenvalue weighted by molar-refractivity contribution is 5.77. The predicted octanol–water partition coefficient (Wildman–Crippen LogP) is 2.19. The second-order valence-corrected chi connectivity index (χ2v) is 7.12. The van der Waals surface area contributed by atoms with E-state index >= 15 is 0 Å². The molecule has 0 bridgehead atoms. The van der Waals surface area contributed by atoms with Crippen molar-refractivity contribution in [3.05, 3.63) is 39.2 Å². The lowest BCUT2D eigenvalue weighted by Crippen LogP contribution is -2.31. The first-order valence-electron chi connectivity index (χ1n) is 9.06. The number of likely N-dealkylation sites (tertiary alicyclic amines) is 1. The van der Waals surface area contributed by atoms with Gasteiger partial charge in [0.05, 0.1) is 0 Å². The molecule has 1 atom stereocenters. The summed E-state index contributed by atoms with van der Waals surface area (Å²) in [6.07, 6.45) is 2.67. The third kappa shape index (κ3) is 3.68. The lowest BCUT2D eigenvalue weighted by atomic mass is 10.1. The van der Waals surface area contributed by atoms with Crippen LogP contribution in [0.25, 0.3) is 0 Å². The number of amides is 1. The molecular formula is C18H25N5O3. The molecule has 1 fully saturated rings. The van der Waals surface area contributed by atoms with E-state index in [4.69, 9.17) is 4.52 Å². The molecule has 1 aliphatic rings. The molecule has 0 aliphatic carbocycles. The largest absolute Gasteiger partial charge is 0.345 e. The average molecular weight is 359 g/mol. The Morgan fingerprint density at radius 3 is 2.77 bits per heavy atom. The minimum absolute atomic E-state index is 0.0572. The summed E-state index contributed by atoms with van der Waals surface area (Å²) in [6, 6.07) is -0.140. The molecule has 2 aromatic rings. The number of aromatic amines is 1. The molecule has 3 heterocycles. The van der Waals surface area contributed by atoms with Gasteiger partial charge in [-0.15, -0.1) is 0 Å². The maximum Gasteiger partial charge on any atom is 0.345 e. The van der Waals surface area contributed by atoms with Gasteiger partial charge in [-0.05, 0) is 38.7 Å². The van der Waals surface area contributed by atoms with Crippen LogP contribution in [0.15, 0.2) is 9.32 Å². The van der Waals surface area contributed by atoms with Crippen LogP contribution in [0.3, 0.4) is 0 Å². The molecular weight excluding hydrogens is 334 g/mol. The van der Waals surface area contributed by atoms with Crippen molar-refractivity contribution in [2.75, 3.05) is 6.54 Å². The Kier molecular flexibility index (Phi) is 5.20. The maximum atomic E-state index is 12.8. The zero-order valence-electron chi connectivity index (χ0n) is 15.7. The second kappa shape index (κ2) is 7.39. The minimum Gasteiger partial charge on any atom is -0.337 e. The molecule has 8 heteroatoms. The van der Waals surface area contributed by atoms with E-state index < -0.39 is 0 Å². The molecule has 0 saturated carbocycles. The van der Waals surface area contributed by atoms with Crippen molar-refractivity contribution in [2.45, 2.75) is 65.3 Å². The predicted molar refractivity (Wildman–Crippen MR) is 94.7 cm³/mol. The van der Waals surface area contributed by atoms with Crippen LogP contribution >= 0.6 is 0 Å². The van der Waals surface area contributed by atoms with Crippen molar-refractivity contribution in [2.24, 2.45) is 0 Å². The molecule has 0 spiro atoms. The Morgan fingerprint density at radius 1 is 1.35 bits per heavy atom. The number of aryl methyl sites for hydroxylation is 2. The molecule has 1 N–H and O–H groups in total. The zero-order chi connectivity index (χ0) is 18.8. The van der Waals surface area contributed by atoms with Crippen LogP contribution in [0, 0.1) is 13.8 Å².